The fraction of sp³-hybridized carbons (Fsp3) is 0.455. The predicted octanol–water partition coefficient (Wildman–Crippen LogP) is 2.76. The maximum absolute atomic E-state index is 13.5. The van der Waals surface area contributed by atoms with Crippen LogP contribution in [0.25, 0.3) is 0 Å². The highest BCUT2D eigenvalue weighted by Crippen LogP contribution is 2.29. The SMILES string of the molecule is CSc1c(F)cc(C2CCNC2)cc1F. The Kier molecular flexibility index (Phi) is 3.26. The molecule has 1 unspecified atom stereocenters. The molecule has 82 valence electrons. The van der Waals surface area contributed by atoms with Gasteiger partial charge in [-0.15, -0.1) is 11.8 Å². The zero-order valence-electron chi connectivity index (χ0n) is 8.52. The van der Waals surface area contributed by atoms with E-state index in [1.165, 1.54) is 12.1 Å². The zero-order chi connectivity index (χ0) is 10.8. The lowest BCUT2D eigenvalue weighted by Crippen LogP contribution is -2.08. The molecule has 1 atom stereocenters. The number of halogens is 2. The molecule has 0 amide bonds. The van der Waals surface area contributed by atoms with Gasteiger partial charge in [-0.3, -0.25) is 0 Å². The van der Waals surface area contributed by atoms with Crippen LogP contribution < -0.4 is 5.32 Å². The Balaban J connectivity index is 2.33. The van der Waals surface area contributed by atoms with Gasteiger partial charge in [-0.25, -0.2) is 8.78 Å². The molecule has 1 heterocycles. The molecule has 1 aliphatic rings. The molecule has 15 heavy (non-hydrogen) atoms. The van der Waals surface area contributed by atoms with Crippen LogP contribution in [0.2, 0.25) is 0 Å². The summed E-state index contributed by atoms with van der Waals surface area (Å²) in [6.45, 7) is 1.75. The van der Waals surface area contributed by atoms with Crippen molar-refractivity contribution in [2.45, 2.75) is 17.2 Å². The smallest absolute Gasteiger partial charge is 0.140 e. The summed E-state index contributed by atoms with van der Waals surface area (Å²) in [4.78, 5) is 0.115. The minimum atomic E-state index is -0.440. The Bertz CT molecular complexity index is 339. The van der Waals surface area contributed by atoms with Gasteiger partial charge in [-0.05, 0) is 42.8 Å². The first-order valence-corrected chi connectivity index (χ1v) is 6.18. The molecule has 1 saturated heterocycles. The van der Waals surface area contributed by atoms with Gasteiger partial charge in [0, 0.05) is 6.54 Å². The summed E-state index contributed by atoms with van der Waals surface area (Å²) in [6.07, 6.45) is 2.63. The van der Waals surface area contributed by atoms with Crippen LogP contribution in [0.3, 0.4) is 0 Å². The maximum atomic E-state index is 13.5. The zero-order valence-corrected chi connectivity index (χ0v) is 9.33. The number of nitrogens with one attached hydrogen (secondary N) is 1. The topological polar surface area (TPSA) is 12.0 Å². The molecule has 0 aromatic heterocycles. The van der Waals surface area contributed by atoms with Crippen molar-refractivity contribution in [2.75, 3.05) is 19.3 Å². The molecule has 0 radical (unpaired) electrons. The first-order valence-electron chi connectivity index (χ1n) is 4.96. The highest BCUT2D eigenvalue weighted by molar-refractivity contribution is 7.98. The van der Waals surface area contributed by atoms with Crippen LogP contribution in [-0.4, -0.2) is 19.3 Å². The van der Waals surface area contributed by atoms with E-state index in [9.17, 15) is 8.78 Å². The van der Waals surface area contributed by atoms with E-state index in [-0.39, 0.29) is 10.8 Å². The van der Waals surface area contributed by atoms with Gasteiger partial charge in [0.05, 0.1) is 4.90 Å². The van der Waals surface area contributed by atoms with Gasteiger partial charge >= 0.3 is 0 Å². The van der Waals surface area contributed by atoms with E-state index >= 15 is 0 Å². The van der Waals surface area contributed by atoms with Crippen molar-refractivity contribution in [3.63, 3.8) is 0 Å². The summed E-state index contributed by atoms with van der Waals surface area (Å²) < 4.78 is 27.0. The van der Waals surface area contributed by atoms with Gasteiger partial charge < -0.3 is 5.32 Å². The molecule has 1 aliphatic heterocycles. The molecule has 2 rings (SSSR count). The average Bonchev–Trinajstić information content (AvgIpc) is 2.69. The molecule has 1 N–H and O–H groups in total. The number of benzene rings is 1. The maximum Gasteiger partial charge on any atom is 0.140 e. The predicted molar refractivity (Wildman–Crippen MR) is 58.4 cm³/mol. The minimum absolute atomic E-state index is 0.115. The third-order valence-corrected chi connectivity index (χ3v) is 3.55. The van der Waals surface area contributed by atoms with Crippen LogP contribution in [0.4, 0.5) is 8.78 Å². The lowest BCUT2D eigenvalue weighted by atomic mass is 9.98. The fourth-order valence-corrected chi connectivity index (χ4v) is 2.46. The van der Waals surface area contributed by atoms with Crippen molar-refractivity contribution in [1.82, 2.24) is 5.32 Å². The molecule has 0 bridgehead atoms. The van der Waals surface area contributed by atoms with Crippen LogP contribution in [0.1, 0.15) is 17.9 Å². The highest BCUT2D eigenvalue weighted by atomic mass is 32.2. The lowest BCUT2D eigenvalue weighted by Gasteiger charge is -2.11. The molecule has 1 nitrogen and oxygen atoms in total. The van der Waals surface area contributed by atoms with Gasteiger partial charge in [-0.1, -0.05) is 0 Å². The Labute approximate surface area is 92.3 Å². The van der Waals surface area contributed by atoms with E-state index < -0.39 is 11.6 Å². The second-order valence-electron chi connectivity index (χ2n) is 3.71. The van der Waals surface area contributed by atoms with Crippen LogP contribution >= 0.6 is 11.8 Å². The Morgan fingerprint density at radius 2 is 2.00 bits per heavy atom. The van der Waals surface area contributed by atoms with E-state index in [4.69, 9.17) is 0 Å². The van der Waals surface area contributed by atoms with Crippen molar-refractivity contribution in [3.8, 4) is 0 Å². The second-order valence-corrected chi connectivity index (χ2v) is 4.52. The second kappa shape index (κ2) is 4.49. The Morgan fingerprint density at radius 1 is 1.33 bits per heavy atom. The van der Waals surface area contributed by atoms with Crippen LogP contribution in [0.15, 0.2) is 17.0 Å². The molecular formula is C11H13F2NS. The summed E-state index contributed by atoms with van der Waals surface area (Å²) in [6, 6.07) is 2.93. The molecule has 1 aromatic carbocycles. The first kappa shape index (κ1) is 10.9. The Hall–Kier alpha value is -0.610. The Morgan fingerprint density at radius 3 is 2.47 bits per heavy atom. The van der Waals surface area contributed by atoms with Gasteiger partial charge in [0.25, 0.3) is 0 Å². The van der Waals surface area contributed by atoms with E-state index in [1.54, 1.807) is 6.26 Å². The highest BCUT2D eigenvalue weighted by Gasteiger charge is 2.19. The number of rotatable bonds is 2. The average molecular weight is 229 g/mol. The van der Waals surface area contributed by atoms with E-state index in [2.05, 4.69) is 5.32 Å². The number of thioether (sulfide) groups is 1. The number of hydrogen-bond acceptors (Lipinski definition) is 2. The van der Waals surface area contributed by atoms with Crippen LogP contribution in [0, 0.1) is 11.6 Å². The van der Waals surface area contributed by atoms with E-state index in [1.807, 2.05) is 0 Å². The van der Waals surface area contributed by atoms with Gasteiger partial charge in [0.2, 0.25) is 0 Å². The van der Waals surface area contributed by atoms with Gasteiger partial charge in [-0.2, -0.15) is 0 Å². The van der Waals surface area contributed by atoms with Gasteiger partial charge in [0.15, 0.2) is 0 Å². The number of hydrogen-bond donors (Lipinski definition) is 1. The van der Waals surface area contributed by atoms with E-state index in [0.29, 0.717) is 0 Å². The summed E-state index contributed by atoms with van der Waals surface area (Å²) in [5.74, 6) is -0.626. The van der Waals surface area contributed by atoms with Crippen molar-refractivity contribution in [3.05, 3.63) is 29.3 Å². The molecule has 1 aromatic rings. The summed E-state index contributed by atoms with van der Waals surface area (Å²) in [5.41, 5.74) is 0.771. The van der Waals surface area contributed by atoms with Gasteiger partial charge in [0.1, 0.15) is 11.6 Å². The van der Waals surface area contributed by atoms with Crippen molar-refractivity contribution >= 4 is 11.8 Å². The van der Waals surface area contributed by atoms with Crippen molar-refractivity contribution in [1.29, 1.82) is 0 Å². The quantitative estimate of drug-likeness (QED) is 0.783. The third kappa shape index (κ3) is 2.16. The molecular weight excluding hydrogens is 216 g/mol. The van der Waals surface area contributed by atoms with Crippen LogP contribution in [-0.2, 0) is 0 Å². The summed E-state index contributed by atoms with van der Waals surface area (Å²) in [7, 11) is 0. The monoisotopic (exact) mass is 229 g/mol. The fourth-order valence-electron chi connectivity index (χ4n) is 1.95. The molecule has 4 heteroatoms. The summed E-state index contributed by atoms with van der Waals surface area (Å²) in [5, 5.41) is 3.19. The lowest BCUT2D eigenvalue weighted by molar-refractivity contribution is 0.534. The third-order valence-electron chi connectivity index (χ3n) is 2.76. The minimum Gasteiger partial charge on any atom is -0.316 e. The van der Waals surface area contributed by atoms with Crippen molar-refractivity contribution in [2.24, 2.45) is 0 Å². The first-order chi connectivity index (χ1) is 7.22. The molecule has 1 fully saturated rings. The standard InChI is InChI=1S/C11H13F2NS/c1-15-11-9(12)4-8(5-10(11)13)7-2-3-14-6-7/h4-5,7,14H,2-3,6H2,1H3. The normalized spacial score (nSPS) is 20.9. The molecule has 0 aliphatic carbocycles. The largest absolute Gasteiger partial charge is 0.316 e. The van der Waals surface area contributed by atoms with Crippen molar-refractivity contribution < 1.29 is 8.78 Å². The molecule has 0 spiro atoms. The summed E-state index contributed by atoms with van der Waals surface area (Å²) >= 11 is 1.11. The van der Waals surface area contributed by atoms with Crippen LogP contribution in [0.5, 0.6) is 0 Å². The molecule has 0 saturated carbocycles. The van der Waals surface area contributed by atoms with E-state index in [0.717, 1.165) is 36.8 Å².